The molecule has 1 aliphatic rings. The first kappa shape index (κ1) is 13.4. The minimum Gasteiger partial charge on any atom is -0.402 e. The van der Waals surface area contributed by atoms with Crippen LogP contribution in [-0.4, -0.2) is 25.3 Å². The van der Waals surface area contributed by atoms with E-state index in [-0.39, 0.29) is 19.3 Å². The van der Waals surface area contributed by atoms with Crippen molar-refractivity contribution < 1.29 is 9.41 Å². The summed E-state index contributed by atoms with van der Waals surface area (Å²) in [7, 11) is 1.63. The van der Waals surface area contributed by atoms with Gasteiger partial charge in [-0.3, -0.25) is 0 Å². The van der Waals surface area contributed by atoms with Crippen LogP contribution >= 0.6 is 0 Å². The van der Waals surface area contributed by atoms with E-state index in [9.17, 15) is 0 Å². The molecule has 1 saturated heterocycles. The van der Waals surface area contributed by atoms with Crippen LogP contribution in [0.3, 0.4) is 0 Å². The van der Waals surface area contributed by atoms with Gasteiger partial charge in [-0.05, 0) is 17.9 Å². The van der Waals surface area contributed by atoms with Crippen molar-refractivity contribution in [1.82, 2.24) is 5.06 Å². The second kappa shape index (κ2) is 5.79. The molecular weight excluding hydrogens is 249 g/mol. The predicted octanol–water partition coefficient (Wildman–Crippen LogP) is 2.41. The lowest BCUT2D eigenvalue weighted by Gasteiger charge is -2.40. The van der Waals surface area contributed by atoms with Crippen LogP contribution in [0.4, 0.5) is 0 Å². The van der Waals surface area contributed by atoms with E-state index in [0.717, 1.165) is 5.46 Å². The first-order valence-corrected chi connectivity index (χ1v) is 6.90. The minimum absolute atomic E-state index is 0.0568. The van der Waals surface area contributed by atoms with E-state index in [4.69, 9.17) is 9.41 Å². The van der Waals surface area contributed by atoms with Gasteiger partial charge in [0.1, 0.15) is 0 Å². The van der Waals surface area contributed by atoms with Crippen molar-refractivity contribution in [3.8, 4) is 0 Å². The number of rotatable bonds is 2. The van der Waals surface area contributed by atoms with Crippen molar-refractivity contribution in [2.24, 2.45) is 0 Å². The summed E-state index contributed by atoms with van der Waals surface area (Å²) in [6, 6.07) is 20.4. The van der Waals surface area contributed by atoms with E-state index in [0.29, 0.717) is 0 Å². The molecule has 1 heterocycles. The lowest BCUT2D eigenvalue weighted by molar-refractivity contribution is -0.159. The molecule has 0 amide bonds. The number of nitrogens with zero attached hydrogens (tertiary/aromatic N) is 1. The highest BCUT2D eigenvalue weighted by Crippen LogP contribution is 2.29. The molecule has 1 aliphatic heterocycles. The van der Waals surface area contributed by atoms with E-state index < -0.39 is 0 Å². The summed E-state index contributed by atoms with van der Waals surface area (Å²) in [5, 5.41) is 1.90. The van der Waals surface area contributed by atoms with Gasteiger partial charge in [-0.2, -0.15) is 5.06 Å². The monoisotopic (exact) mass is 267 g/mol. The molecule has 0 bridgehead atoms. The lowest BCUT2D eigenvalue weighted by atomic mass is 9.78. The molecule has 0 aliphatic carbocycles. The van der Waals surface area contributed by atoms with Gasteiger partial charge in [0.15, 0.2) is 0 Å². The molecule has 2 aromatic rings. The molecule has 4 heteroatoms. The zero-order valence-corrected chi connectivity index (χ0v) is 11.8. The van der Waals surface area contributed by atoms with Crippen LogP contribution in [0.25, 0.3) is 0 Å². The zero-order chi connectivity index (χ0) is 13.9. The Morgan fingerprint density at radius 3 is 2.15 bits per heavy atom. The zero-order valence-electron chi connectivity index (χ0n) is 11.8. The van der Waals surface area contributed by atoms with E-state index >= 15 is 0 Å². The summed E-state index contributed by atoms with van der Waals surface area (Å²) in [4.78, 5) is 0. The molecule has 1 fully saturated rings. The maximum atomic E-state index is 6.05. The third kappa shape index (κ3) is 2.63. The Kier molecular flexibility index (Phi) is 3.87. The summed E-state index contributed by atoms with van der Waals surface area (Å²) < 4.78 is 12.0. The molecule has 3 nitrogen and oxygen atoms in total. The van der Waals surface area contributed by atoms with Crippen molar-refractivity contribution >= 4 is 12.6 Å². The molecule has 0 N–H and O–H groups in total. The van der Waals surface area contributed by atoms with Gasteiger partial charge in [-0.25, -0.2) is 0 Å². The molecule has 0 saturated carbocycles. The minimum atomic E-state index is -0.337. The molecule has 0 spiro atoms. The highest BCUT2D eigenvalue weighted by molar-refractivity contribution is 6.61. The van der Waals surface area contributed by atoms with E-state index in [1.807, 2.05) is 60.6 Å². The highest BCUT2D eigenvalue weighted by Gasteiger charge is 2.38. The van der Waals surface area contributed by atoms with Gasteiger partial charge < -0.3 is 9.41 Å². The van der Waals surface area contributed by atoms with Gasteiger partial charge in [0.05, 0.1) is 12.1 Å². The quantitative estimate of drug-likeness (QED) is 0.780. The molecule has 2 aromatic carbocycles. The maximum Gasteiger partial charge on any atom is 0.511 e. The van der Waals surface area contributed by atoms with Gasteiger partial charge in [0, 0.05) is 7.05 Å². The number of hydrogen-bond acceptors (Lipinski definition) is 3. The van der Waals surface area contributed by atoms with E-state index in [2.05, 4.69) is 19.1 Å². The van der Waals surface area contributed by atoms with Crippen LogP contribution in [0, 0.1) is 0 Å². The van der Waals surface area contributed by atoms with Crippen LogP contribution in [0.5, 0.6) is 0 Å². The van der Waals surface area contributed by atoms with Gasteiger partial charge >= 0.3 is 7.12 Å². The van der Waals surface area contributed by atoms with Crippen LogP contribution in [0.2, 0.25) is 0 Å². The average Bonchev–Trinajstić information content (AvgIpc) is 2.48. The number of hydrogen-bond donors (Lipinski definition) is 0. The van der Waals surface area contributed by atoms with Crippen molar-refractivity contribution in [2.45, 2.75) is 19.1 Å². The molecular formula is C16H18BNO2. The Balaban J connectivity index is 1.80. The van der Waals surface area contributed by atoms with Gasteiger partial charge in [-0.15, -0.1) is 0 Å². The second-order valence-corrected chi connectivity index (χ2v) is 5.09. The fourth-order valence-electron chi connectivity index (χ4n) is 2.69. The van der Waals surface area contributed by atoms with Gasteiger partial charge in [0.2, 0.25) is 0 Å². The van der Waals surface area contributed by atoms with Crippen molar-refractivity contribution in [1.29, 1.82) is 0 Å². The van der Waals surface area contributed by atoms with Crippen LogP contribution in [0.1, 0.15) is 18.5 Å². The summed E-state index contributed by atoms with van der Waals surface area (Å²) in [6.45, 7) is 2.09. The SMILES string of the molecule is CC1OB(c2ccccc2)ON(C)C1c1ccccc1. The van der Waals surface area contributed by atoms with E-state index in [1.54, 1.807) is 0 Å². The van der Waals surface area contributed by atoms with Gasteiger partial charge in [0.25, 0.3) is 0 Å². The normalized spacial score (nSPS) is 23.8. The number of likely N-dealkylation sites (N-methyl/N-ethyl adjacent to an activating group) is 1. The fraction of sp³-hybridized carbons (Fsp3) is 0.250. The molecule has 102 valence electrons. The van der Waals surface area contributed by atoms with Crippen molar-refractivity contribution in [3.63, 3.8) is 0 Å². The maximum absolute atomic E-state index is 6.05. The molecule has 20 heavy (non-hydrogen) atoms. The number of benzene rings is 2. The smallest absolute Gasteiger partial charge is 0.402 e. The summed E-state index contributed by atoms with van der Waals surface area (Å²) in [5.41, 5.74) is 2.24. The molecule has 0 aromatic heterocycles. The Hall–Kier alpha value is -1.62. The lowest BCUT2D eigenvalue weighted by Crippen LogP contribution is -2.52. The topological polar surface area (TPSA) is 21.7 Å². The van der Waals surface area contributed by atoms with Crippen LogP contribution < -0.4 is 5.46 Å². The summed E-state index contributed by atoms with van der Waals surface area (Å²) >= 11 is 0. The fourth-order valence-corrected chi connectivity index (χ4v) is 2.69. The Morgan fingerprint density at radius 1 is 0.950 bits per heavy atom. The Labute approximate surface area is 120 Å². The largest absolute Gasteiger partial charge is 0.511 e. The number of hydroxylamine groups is 2. The molecule has 3 rings (SSSR count). The van der Waals surface area contributed by atoms with Crippen LogP contribution in [0.15, 0.2) is 60.7 Å². The second-order valence-electron chi connectivity index (χ2n) is 5.09. The average molecular weight is 267 g/mol. The third-order valence-electron chi connectivity index (χ3n) is 3.65. The summed E-state index contributed by atoms with van der Waals surface area (Å²) in [6.07, 6.45) is 0.0568. The first-order chi connectivity index (χ1) is 9.75. The van der Waals surface area contributed by atoms with Crippen LogP contribution in [-0.2, 0) is 9.41 Å². The van der Waals surface area contributed by atoms with Crippen molar-refractivity contribution in [3.05, 3.63) is 66.2 Å². The van der Waals surface area contributed by atoms with Crippen molar-refractivity contribution in [2.75, 3.05) is 7.05 Å². The Morgan fingerprint density at radius 2 is 1.55 bits per heavy atom. The highest BCUT2D eigenvalue weighted by atomic mass is 16.7. The summed E-state index contributed by atoms with van der Waals surface area (Å²) in [5.74, 6) is 0. The Bertz CT molecular complexity index is 537. The third-order valence-corrected chi connectivity index (χ3v) is 3.65. The van der Waals surface area contributed by atoms with Gasteiger partial charge in [-0.1, -0.05) is 60.7 Å². The standard InChI is InChI=1S/C16H18BNO2/c1-13-16(14-9-5-3-6-10-14)18(2)20-17(19-13)15-11-7-4-8-12-15/h3-13,16H,1-2H3. The molecule has 2 atom stereocenters. The van der Waals surface area contributed by atoms with E-state index in [1.165, 1.54) is 5.56 Å². The molecule has 0 radical (unpaired) electrons. The molecule has 2 unspecified atom stereocenters. The first-order valence-electron chi connectivity index (χ1n) is 6.90. The predicted molar refractivity (Wildman–Crippen MR) is 80.4 cm³/mol.